The van der Waals surface area contributed by atoms with E-state index in [0.717, 1.165) is 17.3 Å². The summed E-state index contributed by atoms with van der Waals surface area (Å²) in [6.45, 7) is 0. The second-order valence-electron chi connectivity index (χ2n) is 6.45. The number of H-pyrrole nitrogens is 1. The third-order valence-electron chi connectivity index (χ3n) is 4.40. The first-order valence-corrected chi connectivity index (χ1v) is 9.34. The van der Waals surface area contributed by atoms with Gasteiger partial charge in [0, 0.05) is 0 Å². The number of hydrogen-bond donors (Lipinski definition) is 2. The Hall–Kier alpha value is -4.40. The number of aromatic nitrogens is 10. The van der Waals surface area contributed by atoms with E-state index in [4.69, 9.17) is 11.6 Å². The fourth-order valence-corrected chi connectivity index (χ4v) is 3.28. The standard InChI is InChI=1S/C17H9ClF3N11O/c18-11-3-8(4-22-15(11)32-26-1-2-27-32)29-16(33)9-6-28-31(12(9)17(19,20)21)14-10-5-25-30-13(10)23-7-24-14/h1-7H,(H,29,33)(H,23,24,25,30). The van der Waals surface area contributed by atoms with Crippen LogP contribution in [-0.2, 0) is 6.18 Å². The Balaban J connectivity index is 1.52. The van der Waals surface area contributed by atoms with Gasteiger partial charge in [0.05, 0.1) is 52.6 Å². The molecule has 0 saturated carbocycles. The third-order valence-corrected chi connectivity index (χ3v) is 4.68. The lowest BCUT2D eigenvalue weighted by Gasteiger charge is -2.13. The smallest absolute Gasteiger partial charge is 0.320 e. The first-order valence-electron chi connectivity index (χ1n) is 8.96. The van der Waals surface area contributed by atoms with Gasteiger partial charge in [-0.3, -0.25) is 9.89 Å². The van der Waals surface area contributed by atoms with Crippen LogP contribution in [0.5, 0.6) is 0 Å². The average molecular weight is 476 g/mol. The van der Waals surface area contributed by atoms with Crippen LogP contribution in [0.4, 0.5) is 18.9 Å². The molecule has 0 fully saturated rings. The lowest BCUT2D eigenvalue weighted by atomic mass is 10.2. The van der Waals surface area contributed by atoms with Crippen molar-refractivity contribution in [2.45, 2.75) is 6.18 Å². The normalized spacial score (nSPS) is 11.8. The maximum atomic E-state index is 14.0. The van der Waals surface area contributed by atoms with Crippen molar-refractivity contribution in [3.63, 3.8) is 0 Å². The van der Waals surface area contributed by atoms with Gasteiger partial charge in [-0.2, -0.15) is 33.6 Å². The molecule has 16 heteroatoms. The number of aromatic amines is 1. The largest absolute Gasteiger partial charge is 0.434 e. The SMILES string of the molecule is O=C(Nc1cnc(-n2nccn2)c(Cl)c1)c1cnn(-c2ncnc3[nH]ncc23)c1C(F)(F)F. The number of nitrogens with zero attached hydrogens (tertiary/aromatic N) is 9. The van der Waals surface area contributed by atoms with Crippen molar-refractivity contribution in [3.8, 4) is 11.6 Å². The van der Waals surface area contributed by atoms with Crippen molar-refractivity contribution >= 4 is 34.2 Å². The minimum absolute atomic E-state index is 0.0565. The van der Waals surface area contributed by atoms with E-state index in [1.54, 1.807) is 0 Å². The van der Waals surface area contributed by atoms with E-state index in [0.29, 0.717) is 4.68 Å². The van der Waals surface area contributed by atoms with Crippen LogP contribution in [0.15, 0.2) is 43.4 Å². The summed E-state index contributed by atoms with van der Waals surface area (Å²) in [4.78, 5) is 25.7. The van der Waals surface area contributed by atoms with Crippen molar-refractivity contribution in [3.05, 3.63) is 59.7 Å². The maximum Gasteiger partial charge on any atom is 0.434 e. The predicted molar refractivity (Wildman–Crippen MR) is 106 cm³/mol. The predicted octanol–water partition coefficient (Wildman–Crippen LogP) is 2.44. The summed E-state index contributed by atoms with van der Waals surface area (Å²) in [7, 11) is 0. The first kappa shape index (κ1) is 20.5. The summed E-state index contributed by atoms with van der Waals surface area (Å²) in [6, 6.07) is 1.31. The number of anilines is 1. The summed E-state index contributed by atoms with van der Waals surface area (Å²) in [5.74, 6) is -1.09. The number of pyridine rings is 1. The van der Waals surface area contributed by atoms with Gasteiger partial charge in [0.1, 0.15) is 6.33 Å². The van der Waals surface area contributed by atoms with Crippen molar-refractivity contribution in [2.24, 2.45) is 0 Å². The molecule has 0 spiro atoms. The Morgan fingerprint density at radius 3 is 2.55 bits per heavy atom. The number of carbonyl (C=O) groups excluding carboxylic acids is 1. The van der Waals surface area contributed by atoms with E-state index in [1.165, 1.54) is 30.9 Å². The van der Waals surface area contributed by atoms with E-state index in [2.05, 4.69) is 45.8 Å². The monoisotopic (exact) mass is 475 g/mol. The zero-order chi connectivity index (χ0) is 23.2. The molecule has 12 nitrogen and oxygen atoms in total. The molecule has 166 valence electrons. The molecule has 33 heavy (non-hydrogen) atoms. The van der Waals surface area contributed by atoms with Crippen molar-refractivity contribution in [1.29, 1.82) is 0 Å². The van der Waals surface area contributed by atoms with Crippen LogP contribution < -0.4 is 5.32 Å². The Labute approximate surface area is 185 Å². The van der Waals surface area contributed by atoms with Crippen LogP contribution in [0.2, 0.25) is 5.02 Å². The van der Waals surface area contributed by atoms with Gasteiger partial charge in [0.2, 0.25) is 0 Å². The fourth-order valence-electron chi connectivity index (χ4n) is 3.04. The van der Waals surface area contributed by atoms with Gasteiger partial charge in [0.25, 0.3) is 5.91 Å². The van der Waals surface area contributed by atoms with Crippen LogP contribution >= 0.6 is 11.6 Å². The number of alkyl halides is 3. The van der Waals surface area contributed by atoms with Gasteiger partial charge in [-0.15, -0.1) is 4.80 Å². The minimum atomic E-state index is -4.93. The molecule has 1 amide bonds. The quantitative estimate of drug-likeness (QED) is 0.403. The molecule has 5 aromatic rings. The van der Waals surface area contributed by atoms with Crippen molar-refractivity contribution < 1.29 is 18.0 Å². The van der Waals surface area contributed by atoms with Gasteiger partial charge in [-0.25, -0.2) is 19.6 Å². The molecule has 0 radical (unpaired) electrons. The number of rotatable bonds is 4. The molecular weight excluding hydrogens is 467 g/mol. The molecule has 0 aliphatic heterocycles. The zero-order valence-corrected chi connectivity index (χ0v) is 16.7. The second kappa shape index (κ2) is 7.63. The number of hydrogen-bond acceptors (Lipinski definition) is 8. The Morgan fingerprint density at radius 1 is 1.03 bits per heavy atom. The number of carbonyl (C=O) groups is 1. The zero-order valence-electron chi connectivity index (χ0n) is 16.0. The summed E-state index contributed by atoms with van der Waals surface area (Å²) in [6.07, 6.45) is 2.22. The number of amides is 1. The lowest BCUT2D eigenvalue weighted by molar-refractivity contribution is -0.143. The highest BCUT2D eigenvalue weighted by atomic mass is 35.5. The summed E-state index contributed by atoms with van der Waals surface area (Å²) in [5, 5.41) is 20.4. The van der Waals surface area contributed by atoms with Gasteiger partial charge in [-0.05, 0) is 6.07 Å². The van der Waals surface area contributed by atoms with E-state index >= 15 is 0 Å². The van der Waals surface area contributed by atoms with Crippen LogP contribution in [0.25, 0.3) is 22.7 Å². The number of halogens is 4. The fraction of sp³-hybridized carbons (Fsp3) is 0.0588. The topological polar surface area (TPSA) is 145 Å². The van der Waals surface area contributed by atoms with Gasteiger partial charge < -0.3 is 5.32 Å². The van der Waals surface area contributed by atoms with Crippen LogP contribution in [-0.4, -0.2) is 55.8 Å². The molecule has 0 aliphatic rings. The molecule has 5 heterocycles. The summed E-state index contributed by atoms with van der Waals surface area (Å²) < 4.78 is 42.4. The second-order valence-corrected chi connectivity index (χ2v) is 6.86. The van der Waals surface area contributed by atoms with Gasteiger partial charge in [-0.1, -0.05) is 11.6 Å². The lowest BCUT2D eigenvalue weighted by Crippen LogP contribution is -2.21. The number of nitrogens with one attached hydrogen (secondary N) is 2. The highest BCUT2D eigenvalue weighted by molar-refractivity contribution is 6.32. The molecule has 5 aromatic heterocycles. The van der Waals surface area contributed by atoms with E-state index in [9.17, 15) is 18.0 Å². The molecule has 2 N–H and O–H groups in total. The molecular formula is C17H9ClF3N11O. The van der Waals surface area contributed by atoms with Crippen molar-refractivity contribution in [1.82, 2.24) is 49.9 Å². The van der Waals surface area contributed by atoms with Gasteiger partial charge in [0.15, 0.2) is 23.0 Å². The molecule has 0 unspecified atom stereocenters. The first-order chi connectivity index (χ1) is 15.8. The molecule has 0 bridgehead atoms. The Kier molecular flexibility index (Phi) is 4.74. The van der Waals surface area contributed by atoms with Crippen LogP contribution in [0.1, 0.15) is 16.1 Å². The van der Waals surface area contributed by atoms with E-state index in [-0.39, 0.29) is 33.4 Å². The van der Waals surface area contributed by atoms with Crippen LogP contribution in [0, 0.1) is 0 Å². The average Bonchev–Trinajstić information content (AvgIpc) is 3.52. The highest BCUT2D eigenvalue weighted by Gasteiger charge is 2.41. The molecule has 0 aliphatic carbocycles. The number of fused-ring (bicyclic) bond motifs is 1. The van der Waals surface area contributed by atoms with Gasteiger partial charge >= 0.3 is 6.18 Å². The Morgan fingerprint density at radius 2 is 1.82 bits per heavy atom. The molecule has 0 saturated heterocycles. The minimum Gasteiger partial charge on any atom is -0.320 e. The third kappa shape index (κ3) is 3.63. The van der Waals surface area contributed by atoms with Crippen LogP contribution in [0.3, 0.4) is 0 Å². The van der Waals surface area contributed by atoms with E-state index in [1.807, 2.05) is 0 Å². The Bertz CT molecular complexity index is 1480. The summed E-state index contributed by atoms with van der Waals surface area (Å²) >= 11 is 6.15. The maximum absolute atomic E-state index is 14.0. The van der Waals surface area contributed by atoms with E-state index < -0.39 is 23.3 Å². The highest BCUT2D eigenvalue weighted by Crippen LogP contribution is 2.34. The molecule has 5 rings (SSSR count). The van der Waals surface area contributed by atoms with Crippen molar-refractivity contribution in [2.75, 3.05) is 5.32 Å². The summed E-state index contributed by atoms with van der Waals surface area (Å²) in [5.41, 5.74) is -1.78. The molecule has 0 aromatic carbocycles. The molecule has 0 atom stereocenters.